The van der Waals surface area contributed by atoms with Crippen molar-refractivity contribution in [3.63, 3.8) is 0 Å². The molecular formula is C20H37BrO2Si2. The molecule has 1 rings (SSSR count). The van der Waals surface area contributed by atoms with Gasteiger partial charge in [0, 0.05) is 6.61 Å². The van der Waals surface area contributed by atoms with Gasteiger partial charge in [0.2, 0.25) is 0 Å². The Morgan fingerprint density at radius 1 is 0.880 bits per heavy atom. The quantitative estimate of drug-likeness (QED) is 0.425. The van der Waals surface area contributed by atoms with Crippen LogP contribution in [0.25, 0.3) is 0 Å². The third-order valence-electron chi connectivity index (χ3n) is 5.83. The molecule has 0 saturated carbocycles. The Morgan fingerprint density at radius 2 is 1.40 bits per heavy atom. The Hall–Kier alpha value is -0.106. The molecule has 0 saturated heterocycles. The molecule has 0 amide bonds. The van der Waals surface area contributed by atoms with Gasteiger partial charge in [0.1, 0.15) is 5.75 Å². The molecule has 0 aliphatic carbocycles. The highest BCUT2D eigenvalue weighted by atomic mass is 79.9. The minimum Gasteiger partial charge on any atom is -0.543 e. The minimum absolute atomic E-state index is 0.197. The fraction of sp³-hybridized carbons (Fsp3) is 0.700. The first kappa shape index (κ1) is 22.9. The van der Waals surface area contributed by atoms with Crippen molar-refractivity contribution in [2.45, 2.75) is 84.2 Å². The van der Waals surface area contributed by atoms with E-state index >= 15 is 0 Å². The molecule has 0 aliphatic heterocycles. The fourth-order valence-electron chi connectivity index (χ4n) is 1.85. The van der Waals surface area contributed by atoms with E-state index in [1.807, 2.05) is 0 Å². The van der Waals surface area contributed by atoms with Crippen LogP contribution in [0.1, 0.15) is 47.1 Å². The zero-order valence-electron chi connectivity index (χ0n) is 17.8. The average Bonchev–Trinajstić information content (AvgIpc) is 2.39. The zero-order valence-corrected chi connectivity index (χ0v) is 21.4. The molecule has 1 aromatic rings. The molecular weight excluding hydrogens is 408 g/mol. The van der Waals surface area contributed by atoms with Crippen molar-refractivity contribution in [3.8, 4) is 5.75 Å². The maximum absolute atomic E-state index is 6.42. The summed E-state index contributed by atoms with van der Waals surface area (Å²) in [7, 11) is -3.48. The second-order valence-electron chi connectivity index (χ2n) is 9.99. The van der Waals surface area contributed by atoms with Crippen molar-refractivity contribution in [1.29, 1.82) is 0 Å². The van der Waals surface area contributed by atoms with E-state index in [1.54, 1.807) is 0 Å². The third-order valence-corrected chi connectivity index (χ3v) is 15.3. The average molecular weight is 446 g/mol. The predicted octanol–water partition coefficient (Wildman–Crippen LogP) is 7.40. The lowest BCUT2D eigenvalue weighted by atomic mass is 10.1. The molecule has 0 fully saturated rings. The molecule has 0 radical (unpaired) electrons. The highest BCUT2D eigenvalue weighted by Gasteiger charge is 2.39. The first-order valence-electron chi connectivity index (χ1n) is 9.18. The van der Waals surface area contributed by atoms with Gasteiger partial charge in [-0.05, 0) is 76.3 Å². The van der Waals surface area contributed by atoms with Crippen LogP contribution in [0.5, 0.6) is 5.75 Å². The molecule has 0 spiro atoms. The summed E-state index contributed by atoms with van der Waals surface area (Å²) in [6, 6.07) is 6.45. The monoisotopic (exact) mass is 444 g/mol. The Morgan fingerprint density at radius 3 is 1.84 bits per heavy atom. The van der Waals surface area contributed by atoms with Gasteiger partial charge in [0.15, 0.2) is 8.32 Å². The standard InChI is InChI=1S/C20H37BrO2Si2/c1-19(2,3)24(7,8)22-14-13-16-11-12-18(17(21)15-16)23-25(9,10)20(4,5)6/h11-12,15H,13-14H2,1-10H3. The van der Waals surface area contributed by atoms with Crippen LogP contribution in [0.3, 0.4) is 0 Å². The Balaban J connectivity index is 2.74. The van der Waals surface area contributed by atoms with E-state index in [-0.39, 0.29) is 10.1 Å². The summed E-state index contributed by atoms with van der Waals surface area (Å²) in [5.74, 6) is 0.959. The molecule has 25 heavy (non-hydrogen) atoms. The molecule has 0 bridgehead atoms. The van der Waals surface area contributed by atoms with Gasteiger partial charge in [-0.25, -0.2) is 0 Å². The number of rotatable bonds is 6. The maximum atomic E-state index is 6.42. The Bertz CT molecular complexity index is 584. The lowest BCUT2D eigenvalue weighted by Gasteiger charge is -2.37. The van der Waals surface area contributed by atoms with E-state index in [1.165, 1.54) is 5.56 Å². The normalized spacial score (nSPS) is 13.9. The number of halogens is 1. The molecule has 144 valence electrons. The highest BCUT2D eigenvalue weighted by Crippen LogP contribution is 2.40. The summed E-state index contributed by atoms with van der Waals surface area (Å²) in [5, 5.41) is 0.455. The van der Waals surface area contributed by atoms with Crippen LogP contribution in [0.15, 0.2) is 22.7 Å². The molecule has 0 atom stereocenters. The van der Waals surface area contributed by atoms with Gasteiger partial charge < -0.3 is 8.85 Å². The molecule has 0 N–H and O–H groups in total. The van der Waals surface area contributed by atoms with E-state index in [4.69, 9.17) is 8.85 Å². The van der Waals surface area contributed by atoms with Gasteiger partial charge in [-0.3, -0.25) is 0 Å². The van der Waals surface area contributed by atoms with E-state index in [0.717, 1.165) is 23.2 Å². The van der Waals surface area contributed by atoms with Crippen LogP contribution in [0.2, 0.25) is 36.3 Å². The number of benzene rings is 1. The summed E-state index contributed by atoms with van der Waals surface area (Å²) >= 11 is 3.69. The van der Waals surface area contributed by atoms with Crippen molar-refractivity contribution in [3.05, 3.63) is 28.2 Å². The summed E-state index contributed by atoms with van der Waals surface area (Å²) in [6.45, 7) is 23.6. The lowest BCUT2D eigenvalue weighted by Crippen LogP contribution is -2.43. The lowest BCUT2D eigenvalue weighted by molar-refractivity contribution is 0.292. The van der Waals surface area contributed by atoms with Crippen molar-refractivity contribution in [2.24, 2.45) is 0 Å². The highest BCUT2D eigenvalue weighted by molar-refractivity contribution is 9.10. The summed E-state index contributed by atoms with van der Waals surface area (Å²) in [6.07, 6.45) is 0.936. The largest absolute Gasteiger partial charge is 0.543 e. The molecule has 0 heterocycles. The van der Waals surface area contributed by atoms with Crippen LogP contribution in [0.4, 0.5) is 0 Å². The van der Waals surface area contributed by atoms with E-state index < -0.39 is 16.6 Å². The SMILES string of the molecule is CC(C)(C)[Si](C)(C)OCCc1ccc(O[Si](C)(C)C(C)(C)C)c(Br)c1. The smallest absolute Gasteiger partial charge is 0.250 e. The molecule has 5 heteroatoms. The van der Waals surface area contributed by atoms with E-state index in [2.05, 4.69) is 102 Å². The second kappa shape index (κ2) is 7.87. The number of hydrogen-bond acceptors (Lipinski definition) is 2. The maximum Gasteiger partial charge on any atom is 0.250 e. The topological polar surface area (TPSA) is 18.5 Å². The summed E-state index contributed by atoms with van der Waals surface area (Å²) in [4.78, 5) is 0. The first-order chi connectivity index (χ1) is 11.1. The minimum atomic E-state index is -1.81. The number of hydrogen-bond donors (Lipinski definition) is 0. The van der Waals surface area contributed by atoms with Gasteiger partial charge in [-0.2, -0.15) is 0 Å². The van der Waals surface area contributed by atoms with Crippen molar-refractivity contribution >= 4 is 32.6 Å². The first-order valence-corrected chi connectivity index (χ1v) is 15.8. The second-order valence-corrected chi connectivity index (χ2v) is 20.4. The van der Waals surface area contributed by atoms with E-state index in [9.17, 15) is 0 Å². The third kappa shape index (κ3) is 6.22. The van der Waals surface area contributed by atoms with E-state index in [0.29, 0.717) is 0 Å². The molecule has 2 nitrogen and oxygen atoms in total. The van der Waals surface area contributed by atoms with Crippen molar-refractivity contribution < 1.29 is 8.85 Å². The molecule has 0 unspecified atom stereocenters. The van der Waals surface area contributed by atoms with Gasteiger partial charge in [0.25, 0.3) is 8.32 Å². The van der Waals surface area contributed by atoms with Crippen molar-refractivity contribution in [2.75, 3.05) is 6.61 Å². The summed E-state index contributed by atoms with van der Waals surface area (Å²) < 4.78 is 13.8. The van der Waals surface area contributed by atoms with Crippen LogP contribution in [0, 0.1) is 0 Å². The van der Waals surface area contributed by atoms with Gasteiger partial charge in [-0.15, -0.1) is 0 Å². The van der Waals surface area contributed by atoms with Crippen LogP contribution < -0.4 is 4.43 Å². The zero-order chi connectivity index (χ0) is 19.7. The molecule has 0 aliphatic rings. The predicted molar refractivity (Wildman–Crippen MR) is 119 cm³/mol. The van der Waals surface area contributed by atoms with Crippen LogP contribution >= 0.6 is 15.9 Å². The Kier molecular flexibility index (Phi) is 7.22. The van der Waals surface area contributed by atoms with Crippen LogP contribution in [-0.2, 0) is 10.8 Å². The van der Waals surface area contributed by atoms with Crippen LogP contribution in [-0.4, -0.2) is 23.2 Å². The summed E-state index contributed by atoms with van der Waals surface area (Å²) in [5.41, 5.74) is 1.29. The Labute approximate surface area is 166 Å². The van der Waals surface area contributed by atoms with Gasteiger partial charge in [0.05, 0.1) is 4.47 Å². The molecule has 0 aromatic heterocycles. The van der Waals surface area contributed by atoms with Crippen molar-refractivity contribution in [1.82, 2.24) is 0 Å². The van der Waals surface area contributed by atoms with Gasteiger partial charge >= 0.3 is 0 Å². The van der Waals surface area contributed by atoms with Gasteiger partial charge in [-0.1, -0.05) is 47.6 Å². The molecule has 1 aromatic carbocycles. The fourth-order valence-corrected chi connectivity index (χ4v) is 4.59.